The molecule has 0 aliphatic heterocycles. The normalized spacial score (nSPS) is 22.4. The van der Waals surface area contributed by atoms with Crippen LogP contribution in [0, 0.1) is 5.92 Å². The van der Waals surface area contributed by atoms with Gasteiger partial charge in [0.15, 0.2) is 6.10 Å². The monoisotopic (exact) mass is 253 g/mol. The molecule has 0 radical (unpaired) electrons. The van der Waals surface area contributed by atoms with Crippen LogP contribution in [-0.4, -0.2) is 24.9 Å². The van der Waals surface area contributed by atoms with Gasteiger partial charge in [0.2, 0.25) is 0 Å². The minimum atomic E-state index is -4.36. The highest BCUT2D eigenvalue weighted by Gasteiger charge is 2.44. The van der Waals surface area contributed by atoms with Gasteiger partial charge in [-0.1, -0.05) is 26.2 Å². The first-order valence-corrected chi connectivity index (χ1v) is 6.39. The van der Waals surface area contributed by atoms with Gasteiger partial charge in [-0.15, -0.1) is 0 Å². The van der Waals surface area contributed by atoms with Crippen LogP contribution >= 0.6 is 0 Å². The van der Waals surface area contributed by atoms with Crippen LogP contribution in [-0.2, 0) is 4.74 Å². The van der Waals surface area contributed by atoms with Crippen LogP contribution < -0.4 is 5.73 Å². The quantitative estimate of drug-likeness (QED) is 0.816. The second-order valence-electron chi connectivity index (χ2n) is 4.87. The Morgan fingerprint density at radius 3 is 2.29 bits per heavy atom. The van der Waals surface area contributed by atoms with Gasteiger partial charge in [-0.05, 0) is 25.2 Å². The standard InChI is InChI=1S/C12H22F3NO/c1-2-10(16)11(12(13,14)15)17-8-9-6-4-3-5-7-9/h9-11H,2-8,16H2,1H3. The maximum Gasteiger partial charge on any atom is 0.416 e. The molecule has 0 spiro atoms. The maximum atomic E-state index is 12.7. The smallest absolute Gasteiger partial charge is 0.367 e. The molecule has 5 heteroatoms. The Kier molecular flexibility index (Phi) is 5.73. The summed E-state index contributed by atoms with van der Waals surface area (Å²) in [6, 6.07) is -0.960. The molecule has 1 aliphatic carbocycles. The summed E-state index contributed by atoms with van der Waals surface area (Å²) in [6.07, 6.45) is -0.547. The van der Waals surface area contributed by atoms with E-state index in [9.17, 15) is 13.2 Å². The fourth-order valence-corrected chi connectivity index (χ4v) is 2.27. The van der Waals surface area contributed by atoms with Gasteiger partial charge in [-0.2, -0.15) is 13.2 Å². The lowest BCUT2D eigenvalue weighted by atomic mass is 9.90. The van der Waals surface area contributed by atoms with E-state index in [-0.39, 0.29) is 18.9 Å². The van der Waals surface area contributed by atoms with Gasteiger partial charge in [0.25, 0.3) is 0 Å². The van der Waals surface area contributed by atoms with E-state index in [1.165, 1.54) is 6.42 Å². The molecule has 17 heavy (non-hydrogen) atoms. The molecule has 0 saturated heterocycles. The molecule has 0 aromatic heterocycles. The molecule has 2 N–H and O–H groups in total. The van der Waals surface area contributed by atoms with Crippen molar-refractivity contribution < 1.29 is 17.9 Å². The fourth-order valence-electron chi connectivity index (χ4n) is 2.27. The van der Waals surface area contributed by atoms with E-state index < -0.39 is 18.3 Å². The summed E-state index contributed by atoms with van der Waals surface area (Å²) in [4.78, 5) is 0. The van der Waals surface area contributed by atoms with E-state index >= 15 is 0 Å². The predicted octanol–water partition coefficient (Wildman–Crippen LogP) is 3.25. The summed E-state index contributed by atoms with van der Waals surface area (Å²) < 4.78 is 43.2. The first-order valence-electron chi connectivity index (χ1n) is 6.39. The van der Waals surface area contributed by atoms with Crippen molar-refractivity contribution in [3.63, 3.8) is 0 Å². The zero-order chi connectivity index (χ0) is 12.9. The summed E-state index contributed by atoms with van der Waals surface area (Å²) >= 11 is 0. The molecule has 0 aromatic carbocycles. The Balaban J connectivity index is 2.43. The van der Waals surface area contributed by atoms with Crippen molar-refractivity contribution in [3.05, 3.63) is 0 Å². The maximum absolute atomic E-state index is 12.7. The van der Waals surface area contributed by atoms with Crippen LogP contribution in [0.25, 0.3) is 0 Å². The van der Waals surface area contributed by atoms with Crippen molar-refractivity contribution in [2.24, 2.45) is 11.7 Å². The van der Waals surface area contributed by atoms with Crippen LogP contribution in [0.1, 0.15) is 45.4 Å². The number of hydrogen-bond acceptors (Lipinski definition) is 2. The first kappa shape index (κ1) is 14.8. The molecule has 2 nitrogen and oxygen atoms in total. The largest absolute Gasteiger partial charge is 0.416 e. The molecular weight excluding hydrogens is 231 g/mol. The van der Waals surface area contributed by atoms with Crippen LogP contribution in [0.3, 0.4) is 0 Å². The molecule has 2 unspecified atom stereocenters. The second kappa shape index (κ2) is 6.59. The lowest BCUT2D eigenvalue weighted by molar-refractivity contribution is -0.229. The van der Waals surface area contributed by atoms with Gasteiger partial charge in [-0.3, -0.25) is 0 Å². The zero-order valence-electron chi connectivity index (χ0n) is 10.3. The number of ether oxygens (including phenoxy) is 1. The minimum Gasteiger partial charge on any atom is -0.367 e. The lowest BCUT2D eigenvalue weighted by Crippen LogP contribution is -2.47. The van der Waals surface area contributed by atoms with E-state index in [1.54, 1.807) is 6.92 Å². The van der Waals surface area contributed by atoms with Crippen LogP contribution in [0.2, 0.25) is 0 Å². The number of nitrogens with two attached hydrogens (primary N) is 1. The number of rotatable bonds is 5. The van der Waals surface area contributed by atoms with Gasteiger partial charge in [0.05, 0.1) is 6.61 Å². The van der Waals surface area contributed by atoms with E-state index in [0.29, 0.717) is 0 Å². The Labute approximate surface area is 101 Å². The number of halogens is 3. The van der Waals surface area contributed by atoms with Crippen LogP contribution in [0.5, 0.6) is 0 Å². The van der Waals surface area contributed by atoms with Gasteiger partial charge in [-0.25, -0.2) is 0 Å². The average Bonchev–Trinajstić information content (AvgIpc) is 2.28. The average molecular weight is 253 g/mol. The predicted molar refractivity (Wildman–Crippen MR) is 60.6 cm³/mol. The third-order valence-corrected chi connectivity index (χ3v) is 3.42. The van der Waals surface area contributed by atoms with Crippen LogP contribution in [0.15, 0.2) is 0 Å². The molecule has 1 rings (SSSR count). The van der Waals surface area contributed by atoms with Crippen molar-refractivity contribution in [2.75, 3.05) is 6.61 Å². The molecule has 0 aromatic rings. The molecule has 0 heterocycles. The zero-order valence-corrected chi connectivity index (χ0v) is 10.3. The van der Waals surface area contributed by atoms with Gasteiger partial charge in [0.1, 0.15) is 0 Å². The molecular formula is C12H22F3NO. The highest BCUT2D eigenvalue weighted by Crippen LogP contribution is 2.29. The molecule has 0 amide bonds. The molecule has 1 aliphatic rings. The lowest BCUT2D eigenvalue weighted by Gasteiger charge is -2.29. The van der Waals surface area contributed by atoms with Crippen molar-refractivity contribution in [2.45, 2.75) is 63.8 Å². The van der Waals surface area contributed by atoms with Crippen molar-refractivity contribution in [1.29, 1.82) is 0 Å². The molecule has 0 bridgehead atoms. The number of alkyl halides is 3. The molecule has 1 fully saturated rings. The molecule has 1 saturated carbocycles. The van der Waals surface area contributed by atoms with Gasteiger partial charge >= 0.3 is 6.18 Å². The van der Waals surface area contributed by atoms with E-state index in [0.717, 1.165) is 25.7 Å². The van der Waals surface area contributed by atoms with Gasteiger partial charge in [0, 0.05) is 6.04 Å². The summed E-state index contributed by atoms with van der Waals surface area (Å²) in [7, 11) is 0. The third-order valence-electron chi connectivity index (χ3n) is 3.42. The summed E-state index contributed by atoms with van der Waals surface area (Å²) in [6.45, 7) is 1.84. The van der Waals surface area contributed by atoms with Crippen molar-refractivity contribution >= 4 is 0 Å². The van der Waals surface area contributed by atoms with E-state index in [1.807, 2.05) is 0 Å². The summed E-state index contributed by atoms with van der Waals surface area (Å²) in [5, 5.41) is 0. The first-order chi connectivity index (χ1) is 7.95. The minimum absolute atomic E-state index is 0.192. The van der Waals surface area contributed by atoms with E-state index in [2.05, 4.69) is 0 Å². The third kappa shape index (κ3) is 4.84. The SMILES string of the molecule is CCC(N)C(OCC1CCCCC1)C(F)(F)F. The van der Waals surface area contributed by atoms with Gasteiger partial charge < -0.3 is 10.5 Å². The van der Waals surface area contributed by atoms with E-state index in [4.69, 9.17) is 10.5 Å². The summed E-state index contributed by atoms with van der Waals surface area (Å²) in [5.41, 5.74) is 5.47. The topological polar surface area (TPSA) is 35.2 Å². The second-order valence-corrected chi connectivity index (χ2v) is 4.87. The Bertz CT molecular complexity index is 214. The van der Waals surface area contributed by atoms with Crippen molar-refractivity contribution in [1.82, 2.24) is 0 Å². The highest BCUT2D eigenvalue weighted by atomic mass is 19.4. The molecule has 2 atom stereocenters. The van der Waals surface area contributed by atoms with Crippen molar-refractivity contribution in [3.8, 4) is 0 Å². The Morgan fingerprint density at radius 1 is 1.24 bits per heavy atom. The number of hydrogen-bond donors (Lipinski definition) is 1. The molecule has 102 valence electrons. The van der Waals surface area contributed by atoms with Crippen LogP contribution in [0.4, 0.5) is 13.2 Å². The fraction of sp³-hybridized carbons (Fsp3) is 1.00. The Hall–Kier alpha value is -0.290. The Morgan fingerprint density at radius 2 is 1.82 bits per heavy atom. The highest BCUT2D eigenvalue weighted by molar-refractivity contribution is 4.80. The summed E-state index contributed by atoms with van der Waals surface area (Å²) in [5.74, 6) is 0.276.